The molecule has 4 fully saturated rings. The first-order valence-corrected chi connectivity index (χ1v) is 17.7. The topological polar surface area (TPSA) is 152 Å². The molecule has 4 unspecified atom stereocenters. The van der Waals surface area contributed by atoms with E-state index in [9.17, 15) is 29.4 Å². The second kappa shape index (κ2) is 16.0. The summed E-state index contributed by atoms with van der Waals surface area (Å²) in [5, 5.41) is 21.1. The van der Waals surface area contributed by atoms with Crippen molar-refractivity contribution < 1.29 is 48.3 Å². The van der Waals surface area contributed by atoms with Crippen molar-refractivity contribution in [2.75, 3.05) is 27.3 Å². The molecule has 0 saturated carbocycles. The summed E-state index contributed by atoms with van der Waals surface area (Å²) in [5.41, 5.74) is 1.12. The van der Waals surface area contributed by atoms with Gasteiger partial charge in [-0.2, -0.15) is 0 Å². The van der Waals surface area contributed by atoms with E-state index in [-0.39, 0.29) is 12.2 Å². The van der Waals surface area contributed by atoms with Gasteiger partial charge in [-0.1, -0.05) is 60.7 Å². The average molecular weight is 693 g/mol. The van der Waals surface area contributed by atoms with Crippen molar-refractivity contribution in [1.82, 2.24) is 9.80 Å². The Morgan fingerprint density at radius 1 is 0.580 bits per heavy atom. The van der Waals surface area contributed by atoms with Crippen LogP contribution < -0.4 is 0 Å². The Kier molecular flexibility index (Phi) is 11.5. The van der Waals surface area contributed by atoms with Gasteiger partial charge in [0.05, 0.1) is 0 Å². The fourth-order valence-electron chi connectivity index (χ4n) is 8.14. The van der Waals surface area contributed by atoms with Gasteiger partial charge in [0.25, 0.3) is 0 Å². The summed E-state index contributed by atoms with van der Waals surface area (Å²) in [6.07, 6.45) is 2.08. The Bertz CT molecular complexity index is 1350. The van der Waals surface area contributed by atoms with Crippen molar-refractivity contribution in [3.05, 3.63) is 71.8 Å². The maximum absolute atomic E-state index is 13.4. The van der Waals surface area contributed by atoms with E-state index in [2.05, 4.69) is 23.9 Å². The van der Waals surface area contributed by atoms with Gasteiger partial charge in [0, 0.05) is 24.2 Å². The van der Waals surface area contributed by atoms with Crippen LogP contribution in [0.4, 0.5) is 0 Å². The monoisotopic (exact) mass is 692 g/mol. The molecule has 2 aromatic rings. The standard InChI is InChI=1S/C38H48N2O10/c1-39-25-13-14-26(39)18-29(17-25)49-35(43)31(23-9-5-3-6-10-23)21-47-37(45)33(41)34(42)38(46)48-22-32(24-11-7-4-8-12-24)36(44)50-30-19-27-15-16-28(20-30)40(27)2/h3-12,25-34,41-42H,13-22H2,1-2H3/t25-,26+,27-,28+,29+,30+,31?,32?,33?,34?. The first-order valence-electron chi connectivity index (χ1n) is 17.7. The molecule has 12 nitrogen and oxygen atoms in total. The van der Waals surface area contributed by atoms with Gasteiger partial charge >= 0.3 is 23.9 Å². The highest BCUT2D eigenvalue weighted by atomic mass is 16.6. The first-order chi connectivity index (χ1) is 24.1. The zero-order chi connectivity index (χ0) is 35.4. The van der Waals surface area contributed by atoms with Crippen LogP contribution in [0.15, 0.2) is 60.7 Å². The molecule has 50 heavy (non-hydrogen) atoms. The minimum atomic E-state index is -2.30. The van der Waals surface area contributed by atoms with E-state index < -0.39 is 61.1 Å². The van der Waals surface area contributed by atoms with Crippen LogP contribution in [-0.2, 0) is 38.1 Å². The lowest BCUT2D eigenvalue weighted by atomic mass is 9.98. The molecule has 4 bridgehead atoms. The van der Waals surface area contributed by atoms with Gasteiger partial charge in [0.1, 0.15) is 37.3 Å². The van der Waals surface area contributed by atoms with Crippen LogP contribution in [0.3, 0.4) is 0 Å². The number of rotatable bonds is 13. The van der Waals surface area contributed by atoms with Crippen LogP contribution in [0.1, 0.15) is 74.3 Å². The molecule has 0 aromatic heterocycles. The molecule has 4 aliphatic heterocycles. The minimum Gasteiger partial charge on any atom is -0.462 e. The fourth-order valence-corrected chi connectivity index (χ4v) is 8.14. The molecule has 6 rings (SSSR count). The van der Waals surface area contributed by atoms with E-state index in [4.69, 9.17) is 18.9 Å². The molecule has 0 amide bonds. The molecule has 0 aliphatic carbocycles. The number of aliphatic hydroxyl groups excluding tert-OH is 2. The zero-order valence-corrected chi connectivity index (χ0v) is 28.7. The predicted molar refractivity (Wildman–Crippen MR) is 180 cm³/mol. The number of fused-ring (bicyclic) bond motifs is 4. The highest BCUT2D eigenvalue weighted by Gasteiger charge is 2.43. The van der Waals surface area contributed by atoms with Crippen LogP contribution in [0.2, 0.25) is 0 Å². The minimum absolute atomic E-state index is 0.253. The summed E-state index contributed by atoms with van der Waals surface area (Å²) >= 11 is 0. The number of ether oxygens (including phenoxy) is 4. The average Bonchev–Trinajstić information content (AvgIpc) is 3.43. The number of esters is 4. The van der Waals surface area contributed by atoms with E-state index in [0.717, 1.165) is 51.4 Å². The highest BCUT2D eigenvalue weighted by Crippen LogP contribution is 2.37. The van der Waals surface area contributed by atoms with Crippen molar-refractivity contribution in [2.45, 2.75) is 112 Å². The lowest BCUT2D eigenvalue weighted by Crippen LogP contribution is -2.44. The van der Waals surface area contributed by atoms with Crippen LogP contribution >= 0.6 is 0 Å². The van der Waals surface area contributed by atoms with E-state index in [1.165, 1.54) is 0 Å². The Morgan fingerprint density at radius 2 is 0.900 bits per heavy atom. The van der Waals surface area contributed by atoms with Crippen LogP contribution in [0.5, 0.6) is 0 Å². The van der Waals surface area contributed by atoms with Crippen molar-refractivity contribution >= 4 is 23.9 Å². The van der Waals surface area contributed by atoms with E-state index in [0.29, 0.717) is 35.3 Å². The third kappa shape index (κ3) is 8.20. The largest absolute Gasteiger partial charge is 0.462 e. The summed E-state index contributed by atoms with van der Waals surface area (Å²) < 4.78 is 22.4. The summed E-state index contributed by atoms with van der Waals surface area (Å²) in [6, 6.07) is 18.9. The van der Waals surface area contributed by atoms with E-state index >= 15 is 0 Å². The molecular weight excluding hydrogens is 644 g/mol. The number of carbonyl (C=O) groups excluding carboxylic acids is 4. The maximum atomic E-state index is 13.4. The first kappa shape index (κ1) is 36.0. The lowest BCUT2D eigenvalue weighted by Gasteiger charge is -2.36. The summed E-state index contributed by atoms with van der Waals surface area (Å²) in [7, 11) is 4.19. The number of piperidine rings is 2. The van der Waals surface area contributed by atoms with Gasteiger partial charge in [0.15, 0.2) is 12.2 Å². The second-order valence-electron chi connectivity index (χ2n) is 14.2. The number of nitrogens with zero attached hydrogens (tertiary/aromatic N) is 2. The smallest absolute Gasteiger partial charge is 0.338 e. The number of aliphatic hydroxyl groups is 2. The van der Waals surface area contributed by atoms with Crippen LogP contribution in [0.25, 0.3) is 0 Å². The van der Waals surface area contributed by atoms with Gasteiger partial charge in [-0.15, -0.1) is 0 Å². The molecule has 4 heterocycles. The number of hydrogen-bond acceptors (Lipinski definition) is 12. The van der Waals surface area contributed by atoms with E-state index in [1.54, 1.807) is 60.7 Å². The SMILES string of the molecule is CN1[C@@H]2CC[C@H]1C[C@@H](OC(=O)C(COC(=O)C(O)C(O)C(=O)OCC(C(=O)O[C@H]1C[C@H]3CC[C@@H](C1)N3C)c1ccccc1)c1ccccc1)C2. The maximum Gasteiger partial charge on any atom is 0.338 e. The van der Waals surface area contributed by atoms with Crippen LogP contribution in [-0.4, -0.2) is 120 Å². The third-order valence-electron chi connectivity index (χ3n) is 11.2. The van der Waals surface area contributed by atoms with Crippen molar-refractivity contribution in [3.63, 3.8) is 0 Å². The van der Waals surface area contributed by atoms with Gasteiger partial charge in [0.2, 0.25) is 0 Å². The number of hydrogen-bond donors (Lipinski definition) is 2. The van der Waals surface area contributed by atoms with Crippen molar-refractivity contribution in [1.29, 1.82) is 0 Å². The normalized spacial score (nSPS) is 28.6. The van der Waals surface area contributed by atoms with Gasteiger partial charge in [-0.05, 0) is 76.6 Å². The Labute approximate surface area is 292 Å². The number of benzene rings is 2. The molecule has 270 valence electrons. The molecule has 4 aliphatic rings. The number of carbonyl (C=O) groups is 4. The predicted octanol–water partition coefficient (Wildman–Crippen LogP) is 2.70. The lowest BCUT2D eigenvalue weighted by molar-refractivity contribution is -0.176. The van der Waals surface area contributed by atoms with Gasteiger partial charge in [-0.25, -0.2) is 9.59 Å². The van der Waals surface area contributed by atoms with Crippen molar-refractivity contribution in [2.24, 2.45) is 0 Å². The molecule has 0 radical (unpaired) electrons. The molecule has 4 saturated heterocycles. The summed E-state index contributed by atoms with van der Waals surface area (Å²) in [5.74, 6) is -5.69. The zero-order valence-electron chi connectivity index (χ0n) is 28.7. The van der Waals surface area contributed by atoms with Crippen molar-refractivity contribution in [3.8, 4) is 0 Å². The molecule has 12 heteroatoms. The quantitative estimate of drug-likeness (QED) is 0.235. The van der Waals surface area contributed by atoms with Gasteiger partial charge in [-0.3, -0.25) is 9.59 Å². The molecular formula is C38H48N2O10. The van der Waals surface area contributed by atoms with Crippen LogP contribution in [0, 0.1) is 0 Å². The van der Waals surface area contributed by atoms with Gasteiger partial charge < -0.3 is 39.0 Å². The summed E-state index contributed by atoms with van der Waals surface area (Å²) in [6.45, 7) is -0.943. The van der Waals surface area contributed by atoms with E-state index in [1.807, 2.05) is 0 Å². The molecule has 0 spiro atoms. The highest BCUT2D eigenvalue weighted by molar-refractivity contribution is 5.86. The Morgan fingerprint density at radius 3 is 1.22 bits per heavy atom. The Hall–Kier alpha value is -3.84. The second-order valence-corrected chi connectivity index (χ2v) is 14.2. The fraction of sp³-hybridized carbons (Fsp3) is 0.579. The molecule has 2 N–H and O–H groups in total. The Balaban J connectivity index is 1.03. The molecule has 10 atom stereocenters. The molecule has 2 aromatic carbocycles. The third-order valence-corrected chi connectivity index (χ3v) is 11.2. The summed E-state index contributed by atoms with van der Waals surface area (Å²) in [4.78, 5) is 57.2.